The minimum absolute atomic E-state index is 0.0195. The summed E-state index contributed by atoms with van der Waals surface area (Å²) in [7, 11) is 0. The number of rotatable bonds is 7. The molecule has 27 heavy (non-hydrogen) atoms. The highest BCUT2D eigenvalue weighted by molar-refractivity contribution is 6.07. The second-order valence-corrected chi connectivity index (χ2v) is 6.74. The third kappa shape index (κ3) is 3.79. The molecule has 1 unspecified atom stereocenters. The maximum absolute atomic E-state index is 13.6. The molecule has 142 valence electrons. The van der Waals surface area contributed by atoms with E-state index in [1.807, 2.05) is 24.3 Å². The number of aryl methyl sites for hydroxylation is 1. The Kier molecular flexibility index (Phi) is 5.44. The average molecular weight is 370 g/mol. The summed E-state index contributed by atoms with van der Waals surface area (Å²) in [5.41, 5.74) is 0.815. The van der Waals surface area contributed by atoms with Gasteiger partial charge in [0.15, 0.2) is 11.6 Å². The monoisotopic (exact) mass is 370 g/mol. The van der Waals surface area contributed by atoms with Crippen LogP contribution >= 0.6 is 0 Å². The van der Waals surface area contributed by atoms with Crippen LogP contribution < -0.4 is 10.1 Å². The first-order chi connectivity index (χ1) is 13.0. The normalized spacial score (nSPS) is 19.3. The van der Waals surface area contributed by atoms with Crippen LogP contribution in [0, 0.1) is 5.82 Å². The minimum Gasteiger partial charge on any atom is -0.489 e. The highest BCUT2D eigenvalue weighted by Gasteiger charge is 2.48. The third-order valence-electron chi connectivity index (χ3n) is 4.75. The van der Waals surface area contributed by atoms with E-state index in [4.69, 9.17) is 4.74 Å². The first-order valence-electron chi connectivity index (χ1n) is 9.06. The van der Waals surface area contributed by atoms with E-state index in [-0.39, 0.29) is 24.8 Å². The second kappa shape index (κ2) is 7.78. The van der Waals surface area contributed by atoms with E-state index in [9.17, 15) is 14.0 Å². The summed E-state index contributed by atoms with van der Waals surface area (Å²) in [6.45, 7) is 3.87. The average Bonchev–Trinajstić information content (AvgIpc) is 2.88. The van der Waals surface area contributed by atoms with Crippen LogP contribution in [0.2, 0.25) is 0 Å². The number of para-hydroxylation sites is 1. The molecule has 1 aliphatic heterocycles. The highest BCUT2D eigenvalue weighted by atomic mass is 19.1. The van der Waals surface area contributed by atoms with Gasteiger partial charge in [-0.2, -0.15) is 0 Å². The van der Waals surface area contributed by atoms with Gasteiger partial charge in [-0.15, -0.1) is 0 Å². The summed E-state index contributed by atoms with van der Waals surface area (Å²) in [5.74, 6) is -0.724. The van der Waals surface area contributed by atoms with Crippen molar-refractivity contribution < 1.29 is 18.7 Å². The summed E-state index contributed by atoms with van der Waals surface area (Å²) in [6.07, 6.45) is 2.01. The molecule has 1 fully saturated rings. The van der Waals surface area contributed by atoms with E-state index in [0.717, 1.165) is 23.3 Å². The Morgan fingerprint density at radius 2 is 1.81 bits per heavy atom. The van der Waals surface area contributed by atoms with Crippen LogP contribution in [0.25, 0.3) is 0 Å². The number of hydrogen-bond acceptors (Lipinski definition) is 3. The van der Waals surface area contributed by atoms with Crippen molar-refractivity contribution in [3.63, 3.8) is 0 Å². The molecule has 0 saturated carbocycles. The Hall–Kier alpha value is -2.89. The number of ether oxygens (including phenoxy) is 1. The molecule has 2 aromatic carbocycles. The number of benzene rings is 2. The molecule has 0 radical (unpaired) electrons. The zero-order valence-electron chi connectivity index (χ0n) is 15.5. The quantitative estimate of drug-likeness (QED) is 0.758. The topological polar surface area (TPSA) is 58.6 Å². The van der Waals surface area contributed by atoms with Gasteiger partial charge < -0.3 is 10.1 Å². The Balaban J connectivity index is 1.67. The number of amides is 3. The molecular weight excluding hydrogens is 347 g/mol. The maximum atomic E-state index is 13.6. The van der Waals surface area contributed by atoms with E-state index >= 15 is 0 Å². The summed E-state index contributed by atoms with van der Waals surface area (Å²) in [4.78, 5) is 26.3. The van der Waals surface area contributed by atoms with Crippen LogP contribution in [0.15, 0.2) is 48.5 Å². The largest absolute Gasteiger partial charge is 0.489 e. The third-order valence-corrected chi connectivity index (χ3v) is 4.75. The van der Waals surface area contributed by atoms with Gasteiger partial charge in [-0.3, -0.25) is 9.69 Å². The molecule has 0 aromatic heterocycles. The molecule has 3 rings (SSSR count). The van der Waals surface area contributed by atoms with E-state index in [0.29, 0.717) is 0 Å². The fourth-order valence-corrected chi connectivity index (χ4v) is 3.20. The number of imide groups is 1. The SMILES string of the molecule is CCCc1ccc(C2(C)NC(=O)N(CCOc3ccccc3F)C2=O)cc1. The molecule has 6 heteroatoms. The lowest BCUT2D eigenvalue weighted by molar-refractivity contribution is -0.131. The maximum Gasteiger partial charge on any atom is 0.325 e. The predicted octanol–water partition coefficient (Wildman–Crippen LogP) is 3.62. The van der Waals surface area contributed by atoms with Gasteiger partial charge in [-0.05, 0) is 36.6 Å². The van der Waals surface area contributed by atoms with Crippen LogP contribution in [0.3, 0.4) is 0 Å². The van der Waals surface area contributed by atoms with Gasteiger partial charge >= 0.3 is 6.03 Å². The number of nitrogens with one attached hydrogen (secondary N) is 1. The number of halogens is 1. The van der Waals surface area contributed by atoms with Crippen molar-refractivity contribution in [2.24, 2.45) is 0 Å². The molecule has 1 atom stereocenters. The van der Waals surface area contributed by atoms with Crippen molar-refractivity contribution in [2.45, 2.75) is 32.2 Å². The van der Waals surface area contributed by atoms with Crippen molar-refractivity contribution in [1.29, 1.82) is 0 Å². The Labute approximate surface area is 158 Å². The lowest BCUT2D eigenvalue weighted by atomic mass is 9.91. The molecule has 1 heterocycles. The van der Waals surface area contributed by atoms with Crippen LogP contribution in [-0.2, 0) is 16.8 Å². The van der Waals surface area contributed by atoms with Gasteiger partial charge in [0.25, 0.3) is 5.91 Å². The Morgan fingerprint density at radius 1 is 1.11 bits per heavy atom. The molecule has 1 saturated heterocycles. The minimum atomic E-state index is -1.11. The number of hydrogen-bond donors (Lipinski definition) is 1. The van der Waals surface area contributed by atoms with E-state index in [2.05, 4.69) is 12.2 Å². The first kappa shape index (κ1) is 18.9. The summed E-state index contributed by atoms with van der Waals surface area (Å²) in [6, 6.07) is 13.3. The fraction of sp³-hybridized carbons (Fsp3) is 0.333. The lowest BCUT2D eigenvalue weighted by Gasteiger charge is -2.22. The zero-order valence-corrected chi connectivity index (χ0v) is 15.5. The van der Waals surface area contributed by atoms with Crippen LogP contribution in [0.5, 0.6) is 5.75 Å². The summed E-state index contributed by atoms with van der Waals surface area (Å²) < 4.78 is 19.0. The predicted molar refractivity (Wildman–Crippen MR) is 99.9 cm³/mol. The van der Waals surface area contributed by atoms with Crippen LogP contribution in [-0.4, -0.2) is 30.0 Å². The van der Waals surface area contributed by atoms with Gasteiger partial charge in [0, 0.05) is 0 Å². The molecular formula is C21H23FN2O3. The standard InChI is InChI=1S/C21H23FN2O3/c1-3-6-15-9-11-16(12-10-15)21(2)19(25)24(20(26)23-21)13-14-27-18-8-5-4-7-17(18)22/h4-5,7-12H,3,6,13-14H2,1-2H3,(H,23,26). The number of carbonyl (C=O) groups excluding carboxylic acids is 2. The van der Waals surface area contributed by atoms with Gasteiger partial charge in [0.05, 0.1) is 6.54 Å². The summed E-state index contributed by atoms with van der Waals surface area (Å²) >= 11 is 0. The smallest absolute Gasteiger partial charge is 0.325 e. The van der Waals surface area contributed by atoms with Crippen LogP contribution in [0.4, 0.5) is 9.18 Å². The van der Waals surface area contributed by atoms with Gasteiger partial charge in [0.2, 0.25) is 0 Å². The van der Waals surface area contributed by atoms with Gasteiger partial charge in [-0.25, -0.2) is 9.18 Å². The molecule has 2 aromatic rings. The number of nitrogens with zero attached hydrogens (tertiary/aromatic N) is 1. The van der Waals surface area contributed by atoms with Crippen molar-refractivity contribution >= 4 is 11.9 Å². The molecule has 1 aliphatic rings. The molecule has 5 nitrogen and oxygen atoms in total. The van der Waals surface area contributed by atoms with Crippen molar-refractivity contribution in [3.8, 4) is 5.75 Å². The van der Waals surface area contributed by atoms with Crippen molar-refractivity contribution in [3.05, 3.63) is 65.5 Å². The van der Waals surface area contributed by atoms with Gasteiger partial charge in [0.1, 0.15) is 12.1 Å². The second-order valence-electron chi connectivity index (χ2n) is 6.74. The van der Waals surface area contributed by atoms with Crippen molar-refractivity contribution in [1.82, 2.24) is 10.2 Å². The lowest BCUT2D eigenvalue weighted by Crippen LogP contribution is -2.41. The van der Waals surface area contributed by atoms with E-state index in [1.54, 1.807) is 19.1 Å². The van der Waals surface area contributed by atoms with Gasteiger partial charge in [-0.1, -0.05) is 49.7 Å². The first-order valence-corrected chi connectivity index (χ1v) is 9.06. The highest BCUT2D eigenvalue weighted by Crippen LogP contribution is 2.29. The van der Waals surface area contributed by atoms with E-state index in [1.165, 1.54) is 17.7 Å². The zero-order chi connectivity index (χ0) is 19.4. The number of urea groups is 1. The Morgan fingerprint density at radius 3 is 2.48 bits per heavy atom. The Bertz CT molecular complexity index is 838. The molecule has 0 bridgehead atoms. The molecule has 3 amide bonds. The fourth-order valence-electron chi connectivity index (χ4n) is 3.20. The molecule has 1 N–H and O–H groups in total. The molecule has 0 aliphatic carbocycles. The van der Waals surface area contributed by atoms with Crippen LogP contribution in [0.1, 0.15) is 31.4 Å². The molecule has 0 spiro atoms. The summed E-state index contributed by atoms with van der Waals surface area (Å²) in [5, 5.41) is 2.77. The van der Waals surface area contributed by atoms with Crippen molar-refractivity contribution in [2.75, 3.05) is 13.2 Å². The number of carbonyl (C=O) groups is 2. The van der Waals surface area contributed by atoms with E-state index < -0.39 is 17.4 Å².